The number of hydrogen-bond acceptors (Lipinski definition) is 0. The van der Waals surface area contributed by atoms with E-state index in [1.807, 2.05) is 0 Å². The van der Waals surface area contributed by atoms with Crippen LogP contribution in [-0.4, -0.2) is 24.6 Å². The van der Waals surface area contributed by atoms with Crippen molar-refractivity contribution < 1.29 is 0 Å². The molecule has 0 aliphatic heterocycles. The van der Waals surface area contributed by atoms with Crippen LogP contribution in [0.2, 0.25) is 0 Å². The number of hydrogen-bond donors (Lipinski definition) is 0. The normalized spacial score (nSPS) is 12.4. The molecule has 0 heterocycles. The van der Waals surface area contributed by atoms with Crippen LogP contribution in [-0.2, 0) is 0 Å². The van der Waals surface area contributed by atoms with Gasteiger partial charge in [0.05, 0.1) is 0 Å². The van der Waals surface area contributed by atoms with Crippen LogP contribution >= 0.6 is 7.26 Å². The molecule has 0 aromatic rings. The molecule has 1 heteroatoms. The Morgan fingerprint density at radius 2 is 0.333 bits per heavy atom. The molecule has 0 bridgehead atoms. The average Bonchev–Trinajstić information content (AvgIpc) is 3.05. The second-order valence-electron chi connectivity index (χ2n) is 15.8. The predicted molar refractivity (Wildman–Crippen MR) is 217 cm³/mol. The fraction of sp³-hybridized carbons (Fsp3) is 1.00. The zero-order valence-electron chi connectivity index (χ0n) is 32.8. The second kappa shape index (κ2) is 38.9. The summed E-state index contributed by atoms with van der Waals surface area (Å²) in [4.78, 5) is 0. The van der Waals surface area contributed by atoms with Crippen molar-refractivity contribution in [3.8, 4) is 0 Å². The van der Waals surface area contributed by atoms with Gasteiger partial charge >= 0.3 is 213 Å². The van der Waals surface area contributed by atoms with E-state index in [0.717, 1.165) is 0 Å². The first-order chi connectivity index (χ1) is 22.2. The topological polar surface area (TPSA) is 0 Å². The molecule has 0 fully saturated rings. The SMILES string of the molecule is CCCCCCCCCCCCCCCCCC[PH](CCCC)(CCCC)CCCCCCCCCCCCCCCCCC. The molecule has 0 aromatic carbocycles. The van der Waals surface area contributed by atoms with Crippen molar-refractivity contribution in [3.05, 3.63) is 0 Å². The van der Waals surface area contributed by atoms with Gasteiger partial charge < -0.3 is 0 Å². The Balaban J connectivity index is 3.92. The minimum Gasteiger partial charge on any atom is -0.0654 e. The smallest absolute Gasteiger partial charge is 0.0654 e. The molecule has 45 heavy (non-hydrogen) atoms. The van der Waals surface area contributed by atoms with Crippen molar-refractivity contribution in [1.82, 2.24) is 0 Å². The summed E-state index contributed by atoms with van der Waals surface area (Å²) < 4.78 is 0. The van der Waals surface area contributed by atoms with Gasteiger partial charge in [0.1, 0.15) is 0 Å². The first-order valence-corrected chi connectivity index (χ1v) is 25.1. The van der Waals surface area contributed by atoms with Gasteiger partial charge in [-0.05, 0) is 0 Å². The Morgan fingerprint density at radius 3 is 0.533 bits per heavy atom. The molecule has 0 spiro atoms. The first kappa shape index (κ1) is 45.4. The van der Waals surface area contributed by atoms with Crippen LogP contribution in [0, 0.1) is 0 Å². The summed E-state index contributed by atoms with van der Waals surface area (Å²) in [5, 5.41) is 0. The molecule has 0 radical (unpaired) electrons. The maximum absolute atomic E-state index is 2.43. The standard InChI is InChI=1S/C44H93P/c1-5-9-13-15-17-19-21-23-25-27-29-31-33-35-37-39-43-45(41-11-7-3,42-12-8-4)44-40-38-36-34-32-30-28-26-24-22-20-18-16-14-10-6-2/h45H,5-44H2,1-4H3. The Morgan fingerprint density at radius 1 is 0.178 bits per heavy atom. The van der Waals surface area contributed by atoms with Crippen molar-refractivity contribution in [1.29, 1.82) is 0 Å². The molecular weight excluding hydrogens is 559 g/mol. The third-order valence-corrected chi connectivity index (χ3v) is 16.9. The Kier molecular flexibility index (Phi) is 39.2. The third-order valence-electron chi connectivity index (χ3n) is 11.2. The molecular formula is C44H93P. The molecule has 0 aliphatic carbocycles. The third kappa shape index (κ3) is 34.1. The quantitative estimate of drug-likeness (QED) is 0.0456. The van der Waals surface area contributed by atoms with Gasteiger partial charge in [0, 0.05) is 0 Å². The molecule has 0 rings (SSSR count). The van der Waals surface area contributed by atoms with Crippen LogP contribution < -0.4 is 0 Å². The van der Waals surface area contributed by atoms with E-state index in [4.69, 9.17) is 0 Å². The summed E-state index contributed by atoms with van der Waals surface area (Å²) in [5.74, 6) is 0. The van der Waals surface area contributed by atoms with Gasteiger partial charge in [-0.15, -0.1) is 0 Å². The Hall–Kier alpha value is 0.430. The average molecular weight is 653 g/mol. The van der Waals surface area contributed by atoms with Crippen molar-refractivity contribution in [2.45, 2.75) is 259 Å². The van der Waals surface area contributed by atoms with Gasteiger partial charge in [-0.1, -0.05) is 78.1 Å². The van der Waals surface area contributed by atoms with Gasteiger partial charge in [-0.25, -0.2) is 0 Å². The van der Waals surface area contributed by atoms with E-state index < -0.39 is 7.26 Å². The van der Waals surface area contributed by atoms with E-state index in [9.17, 15) is 0 Å². The maximum atomic E-state index is 2.43. The van der Waals surface area contributed by atoms with Crippen LogP contribution in [0.5, 0.6) is 0 Å². The summed E-state index contributed by atoms with van der Waals surface area (Å²) in [6, 6.07) is 0. The van der Waals surface area contributed by atoms with Crippen LogP contribution in [0.25, 0.3) is 0 Å². The van der Waals surface area contributed by atoms with Crippen molar-refractivity contribution in [2.24, 2.45) is 0 Å². The minimum atomic E-state index is -1.05. The van der Waals surface area contributed by atoms with Gasteiger partial charge in [0.2, 0.25) is 0 Å². The number of unbranched alkanes of at least 4 members (excludes halogenated alkanes) is 32. The summed E-state index contributed by atoms with van der Waals surface area (Å²) in [6.07, 6.45) is 60.2. The van der Waals surface area contributed by atoms with E-state index in [1.165, 1.54) is 218 Å². The van der Waals surface area contributed by atoms with Crippen LogP contribution in [0.3, 0.4) is 0 Å². The van der Waals surface area contributed by atoms with Crippen LogP contribution in [0.15, 0.2) is 0 Å². The van der Waals surface area contributed by atoms with E-state index in [2.05, 4.69) is 27.7 Å². The summed E-state index contributed by atoms with van der Waals surface area (Å²) in [7, 11) is -1.05. The minimum absolute atomic E-state index is 1.05. The molecule has 0 aliphatic rings. The van der Waals surface area contributed by atoms with Crippen molar-refractivity contribution in [2.75, 3.05) is 24.6 Å². The fourth-order valence-electron chi connectivity index (χ4n) is 7.95. The van der Waals surface area contributed by atoms with Gasteiger partial charge in [-0.3, -0.25) is 0 Å². The monoisotopic (exact) mass is 653 g/mol. The Bertz CT molecular complexity index is 467. The van der Waals surface area contributed by atoms with Gasteiger partial charge in [0.25, 0.3) is 0 Å². The zero-order valence-corrected chi connectivity index (χ0v) is 33.8. The summed E-state index contributed by atoms with van der Waals surface area (Å²) in [5.41, 5.74) is 0. The molecule has 0 unspecified atom stereocenters. The second-order valence-corrected chi connectivity index (χ2v) is 20.8. The molecule has 0 saturated heterocycles. The summed E-state index contributed by atoms with van der Waals surface area (Å²) in [6.45, 7) is 9.50. The van der Waals surface area contributed by atoms with Gasteiger partial charge in [-0.2, -0.15) is 0 Å². The molecule has 0 atom stereocenters. The Labute approximate surface area is 290 Å². The zero-order chi connectivity index (χ0) is 32.8. The van der Waals surface area contributed by atoms with Crippen LogP contribution in [0.1, 0.15) is 259 Å². The molecule has 0 amide bonds. The van der Waals surface area contributed by atoms with Crippen molar-refractivity contribution in [3.63, 3.8) is 0 Å². The van der Waals surface area contributed by atoms with E-state index in [1.54, 1.807) is 37.5 Å². The molecule has 0 N–H and O–H groups in total. The van der Waals surface area contributed by atoms with E-state index >= 15 is 0 Å². The van der Waals surface area contributed by atoms with E-state index in [0.29, 0.717) is 0 Å². The number of rotatable bonds is 40. The first-order valence-electron chi connectivity index (χ1n) is 22.2. The molecule has 0 saturated carbocycles. The molecule has 0 nitrogen and oxygen atoms in total. The summed E-state index contributed by atoms with van der Waals surface area (Å²) >= 11 is 0. The van der Waals surface area contributed by atoms with Gasteiger partial charge in [0.15, 0.2) is 0 Å². The molecule has 0 aromatic heterocycles. The molecule has 274 valence electrons. The van der Waals surface area contributed by atoms with Crippen molar-refractivity contribution >= 4 is 7.26 Å². The predicted octanol–water partition coefficient (Wildman–Crippen LogP) is 16.9. The fourth-order valence-corrected chi connectivity index (χ4v) is 13.7. The van der Waals surface area contributed by atoms with E-state index in [-0.39, 0.29) is 0 Å². The van der Waals surface area contributed by atoms with Crippen LogP contribution in [0.4, 0.5) is 0 Å².